The lowest BCUT2D eigenvalue weighted by Crippen LogP contribution is -2.34. The summed E-state index contributed by atoms with van der Waals surface area (Å²) in [7, 11) is -1.88. The lowest BCUT2D eigenvalue weighted by molar-refractivity contribution is -0.0467. The van der Waals surface area contributed by atoms with Gasteiger partial charge >= 0.3 is 7.15 Å². The van der Waals surface area contributed by atoms with Crippen molar-refractivity contribution in [2.75, 3.05) is 32.2 Å². The monoisotopic (exact) mass is 801 g/mol. The average Bonchev–Trinajstić information content (AvgIpc) is 3.59. The normalized spacial score (nSPS) is 13.3. The number of nitriles is 2. The van der Waals surface area contributed by atoms with Gasteiger partial charge in [0, 0.05) is 18.7 Å². The van der Waals surface area contributed by atoms with Crippen molar-refractivity contribution < 1.29 is 32.8 Å². The van der Waals surface area contributed by atoms with Crippen molar-refractivity contribution in [1.82, 2.24) is 14.6 Å². The zero-order chi connectivity index (χ0) is 39.5. The lowest BCUT2D eigenvalue weighted by Gasteiger charge is -2.18. The van der Waals surface area contributed by atoms with Crippen molar-refractivity contribution in [2.45, 2.75) is 141 Å². The van der Waals surface area contributed by atoms with Crippen molar-refractivity contribution in [2.24, 2.45) is 0 Å². The summed E-state index contributed by atoms with van der Waals surface area (Å²) >= 11 is 5.41. The Bertz CT molecular complexity index is 1620. The molecule has 0 bridgehead atoms. The third-order valence-electron chi connectivity index (χ3n) is 9.34. The predicted octanol–water partition coefficient (Wildman–Crippen LogP) is 8.76. The molecule has 0 spiro atoms. The maximum Gasteiger partial charge on any atom is 0.521 e. The Labute approximate surface area is 332 Å². The number of nitrogen functional groups attached to an aromatic ring is 1. The molecule has 0 fully saturated rings. The van der Waals surface area contributed by atoms with Gasteiger partial charge in [0.15, 0.2) is 11.9 Å². The molecule has 4 atom stereocenters. The van der Waals surface area contributed by atoms with Gasteiger partial charge in [0.05, 0.1) is 31.0 Å². The standard InChI is InChI=1S/C40H59FN6O6PS/c1-2-3-4-5-6-7-8-9-10-11-12-13-14-15-16-17-20-49-27-36(50-26-33-21-32(25-42)22-34(41)23-33)28-52-54(55)53-29-39(51-30-43)38(48)24-35-18-19-37-40(44)45-31-46-47(35)37/h18-19,21-23,31,36,38-39,48H,2-17,20,24,26-29H2,1H3,(H2,44,45,46)/q+1/t36-,38+,39-/m1/s1. The Hall–Kier alpha value is -3.33. The number of rotatable bonds is 32. The Morgan fingerprint density at radius 2 is 1.53 bits per heavy atom. The van der Waals surface area contributed by atoms with E-state index in [1.807, 2.05) is 6.07 Å². The highest BCUT2D eigenvalue weighted by Crippen LogP contribution is 2.27. The van der Waals surface area contributed by atoms with Crippen molar-refractivity contribution in [3.63, 3.8) is 0 Å². The number of nitrogens with zero attached hydrogens (tertiary/aromatic N) is 5. The molecule has 12 nitrogen and oxygen atoms in total. The minimum Gasteiger partial charge on any atom is -0.419 e. The number of fused-ring (bicyclic) bond motifs is 1. The molecule has 0 saturated heterocycles. The molecule has 1 unspecified atom stereocenters. The Morgan fingerprint density at radius 1 is 0.891 bits per heavy atom. The number of ether oxygens (including phenoxy) is 3. The van der Waals surface area contributed by atoms with E-state index in [1.165, 1.54) is 108 Å². The van der Waals surface area contributed by atoms with Gasteiger partial charge in [-0.25, -0.2) is 13.9 Å². The summed E-state index contributed by atoms with van der Waals surface area (Å²) in [4.78, 5) is 3.96. The Kier molecular flexibility index (Phi) is 23.6. The highest BCUT2D eigenvalue weighted by molar-refractivity contribution is 8.00. The second-order valence-electron chi connectivity index (χ2n) is 13.9. The predicted molar refractivity (Wildman–Crippen MR) is 214 cm³/mol. The summed E-state index contributed by atoms with van der Waals surface area (Å²) in [6.07, 6.45) is 21.0. The van der Waals surface area contributed by atoms with Crippen molar-refractivity contribution in [1.29, 1.82) is 10.5 Å². The number of aromatic nitrogens is 3. The molecule has 0 aliphatic carbocycles. The van der Waals surface area contributed by atoms with Crippen LogP contribution >= 0.6 is 7.15 Å². The summed E-state index contributed by atoms with van der Waals surface area (Å²) < 4.78 is 44.2. The second-order valence-corrected chi connectivity index (χ2v) is 15.7. The molecule has 55 heavy (non-hydrogen) atoms. The molecule has 302 valence electrons. The third kappa shape index (κ3) is 18.9. The molecule has 0 saturated carbocycles. The molecule has 3 aromatic rings. The molecule has 3 rings (SSSR count). The minimum atomic E-state index is -1.88. The van der Waals surface area contributed by atoms with Gasteiger partial charge in [-0.05, 0) is 42.3 Å². The van der Waals surface area contributed by atoms with Crippen molar-refractivity contribution in [3.05, 3.63) is 59.3 Å². The number of hydrogen-bond acceptors (Lipinski definition) is 12. The van der Waals surface area contributed by atoms with Gasteiger partial charge in [0.1, 0.15) is 37.0 Å². The van der Waals surface area contributed by atoms with E-state index in [1.54, 1.807) is 29.0 Å². The van der Waals surface area contributed by atoms with Gasteiger partial charge in [-0.1, -0.05) is 103 Å². The summed E-state index contributed by atoms with van der Waals surface area (Å²) in [5.41, 5.74) is 7.85. The summed E-state index contributed by atoms with van der Waals surface area (Å²) in [6, 6.07) is 9.50. The molecule has 15 heteroatoms. The topological polar surface area (TPSA) is 170 Å². The van der Waals surface area contributed by atoms with E-state index in [-0.39, 0.29) is 38.4 Å². The number of aliphatic hydroxyl groups is 1. The molecule has 0 aliphatic heterocycles. The number of anilines is 1. The number of aliphatic hydroxyl groups excluding tert-OH is 1. The first kappa shape index (κ1) is 46.1. The molecular formula is C40H59FN6O6PS+. The van der Waals surface area contributed by atoms with Crippen LogP contribution < -0.4 is 5.73 Å². The van der Waals surface area contributed by atoms with Gasteiger partial charge in [0.2, 0.25) is 11.8 Å². The van der Waals surface area contributed by atoms with Gasteiger partial charge in [0.25, 0.3) is 6.26 Å². The smallest absolute Gasteiger partial charge is 0.419 e. The van der Waals surface area contributed by atoms with Crippen LogP contribution in [0.4, 0.5) is 10.2 Å². The van der Waals surface area contributed by atoms with Gasteiger partial charge in [-0.15, -0.1) is 9.05 Å². The molecule has 1 aromatic carbocycles. The first-order chi connectivity index (χ1) is 26.8. The van der Waals surface area contributed by atoms with E-state index in [2.05, 4.69) is 17.0 Å². The van der Waals surface area contributed by atoms with E-state index in [4.69, 9.17) is 40.8 Å². The second kappa shape index (κ2) is 28.1. The first-order valence-corrected chi connectivity index (χ1v) is 22.0. The van der Waals surface area contributed by atoms with E-state index < -0.39 is 31.3 Å². The number of hydrogen-bond donors (Lipinski definition) is 2. The molecule has 0 radical (unpaired) electrons. The lowest BCUT2D eigenvalue weighted by atomic mass is 10.0. The van der Waals surface area contributed by atoms with Gasteiger partial charge in [-0.3, -0.25) is 0 Å². The molecule has 0 amide bonds. The van der Waals surface area contributed by atoms with Crippen LogP contribution in [0.3, 0.4) is 0 Å². The third-order valence-corrected chi connectivity index (χ3v) is 10.7. The molecule has 2 aromatic heterocycles. The summed E-state index contributed by atoms with van der Waals surface area (Å²) in [5, 5.41) is 33.5. The van der Waals surface area contributed by atoms with Crippen LogP contribution in [0.15, 0.2) is 36.7 Å². The molecular weight excluding hydrogens is 743 g/mol. The van der Waals surface area contributed by atoms with Gasteiger partial charge in [-0.2, -0.15) is 15.6 Å². The van der Waals surface area contributed by atoms with Gasteiger partial charge < -0.3 is 25.1 Å². The first-order valence-electron chi connectivity index (χ1n) is 19.8. The van der Waals surface area contributed by atoms with Crippen molar-refractivity contribution in [3.8, 4) is 12.3 Å². The minimum absolute atomic E-state index is 0.0260. The van der Waals surface area contributed by atoms with Crippen LogP contribution in [0, 0.1) is 28.7 Å². The summed E-state index contributed by atoms with van der Waals surface area (Å²) in [5.74, 6) is -0.222. The largest absolute Gasteiger partial charge is 0.521 e. The van der Waals surface area contributed by atoms with Crippen molar-refractivity contribution >= 4 is 30.3 Å². The van der Waals surface area contributed by atoms with E-state index in [0.29, 0.717) is 29.2 Å². The summed E-state index contributed by atoms with van der Waals surface area (Å²) in [6.45, 7) is 2.91. The average molecular weight is 802 g/mol. The van der Waals surface area contributed by atoms with Crippen LogP contribution in [0.2, 0.25) is 0 Å². The quantitative estimate of drug-likeness (QED) is 0.0350. The number of benzene rings is 1. The highest BCUT2D eigenvalue weighted by Gasteiger charge is 2.28. The van der Waals surface area contributed by atoms with Crippen LogP contribution in [0.5, 0.6) is 0 Å². The Balaban J connectivity index is 1.36. The molecule has 3 N–H and O–H groups in total. The molecule has 2 heterocycles. The van der Waals surface area contributed by atoms with E-state index in [0.717, 1.165) is 12.8 Å². The molecule has 0 aliphatic rings. The number of halogens is 1. The highest BCUT2D eigenvalue weighted by atomic mass is 32.4. The maximum absolute atomic E-state index is 14.0. The van der Waals surface area contributed by atoms with Crippen LogP contribution in [-0.2, 0) is 48.1 Å². The fourth-order valence-corrected chi connectivity index (χ4v) is 7.23. The maximum atomic E-state index is 14.0. The van der Waals surface area contributed by atoms with Crippen LogP contribution in [-0.4, -0.2) is 64.4 Å². The van der Waals surface area contributed by atoms with E-state index in [9.17, 15) is 20.0 Å². The number of nitrogens with two attached hydrogens (primary N) is 1. The fourth-order valence-electron chi connectivity index (χ4n) is 6.24. The zero-order valence-electron chi connectivity index (χ0n) is 32.3. The van der Waals surface area contributed by atoms with E-state index >= 15 is 0 Å². The van der Waals surface area contributed by atoms with Crippen LogP contribution in [0.1, 0.15) is 126 Å². The fraction of sp³-hybridized carbons (Fsp3) is 0.650. The SMILES string of the molecule is CCCCCCCCCCCCCCCCCCOC[C@H](CO[P+](=S)OC[C@@H](OC#N)[C@@H](O)Cc1ccc2c(N)ncnn12)OCc1cc(F)cc(C#N)c1. The zero-order valence-corrected chi connectivity index (χ0v) is 34.0. The number of unbranched alkanes of at least 4 members (excludes halogenated alkanes) is 15. The van der Waals surface area contributed by atoms with Crippen LogP contribution in [0.25, 0.3) is 5.52 Å². The Morgan fingerprint density at radius 3 is 2.16 bits per heavy atom.